The summed E-state index contributed by atoms with van der Waals surface area (Å²) in [4.78, 5) is 14.4. The lowest BCUT2D eigenvalue weighted by atomic mass is 9.77. The van der Waals surface area contributed by atoms with Gasteiger partial charge in [-0.1, -0.05) is 84.9 Å². The predicted octanol–water partition coefficient (Wildman–Crippen LogP) is 5.77. The molecule has 4 rings (SSSR count). The minimum Gasteiger partial charge on any atom is -0.481 e. The van der Waals surface area contributed by atoms with Crippen molar-refractivity contribution in [3.05, 3.63) is 102 Å². The summed E-state index contributed by atoms with van der Waals surface area (Å²) in [6, 6.07) is 28.1. The fourth-order valence-corrected chi connectivity index (χ4v) is 4.72. The van der Waals surface area contributed by atoms with Crippen molar-refractivity contribution in [1.82, 2.24) is 4.90 Å². The zero-order valence-electron chi connectivity index (χ0n) is 21.8. The van der Waals surface area contributed by atoms with E-state index in [9.17, 15) is 9.90 Å². The standard InChI is InChI=1S/C30H36BNO4/c1-22(24-15-10-7-11-16-24)32(21-23-13-8-6-9-14-23)27(20-28(33)34)25-17-12-18-26(19-25)31-35-29(2,3)30(4,5)36-31/h6-19,22,27H,20-21H2,1-5H3,(H,33,34)/t22-,27?/m1/s1. The first-order valence-electron chi connectivity index (χ1n) is 12.6. The molecule has 188 valence electrons. The van der Waals surface area contributed by atoms with Crippen LogP contribution in [-0.4, -0.2) is 34.3 Å². The first-order chi connectivity index (χ1) is 17.1. The molecule has 5 nitrogen and oxygen atoms in total. The van der Waals surface area contributed by atoms with Gasteiger partial charge in [0.2, 0.25) is 0 Å². The van der Waals surface area contributed by atoms with Crippen LogP contribution in [0.2, 0.25) is 0 Å². The molecular weight excluding hydrogens is 449 g/mol. The number of carboxylic acids is 1. The van der Waals surface area contributed by atoms with Gasteiger partial charge in [-0.15, -0.1) is 0 Å². The topological polar surface area (TPSA) is 59.0 Å². The maximum absolute atomic E-state index is 12.1. The lowest BCUT2D eigenvalue weighted by molar-refractivity contribution is -0.138. The zero-order valence-corrected chi connectivity index (χ0v) is 21.8. The molecule has 1 N–H and O–H groups in total. The lowest BCUT2D eigenvalue weighted by Gasteiger charge is -2.37. The molecule has 3 aromatic rings. The molecule has 6 heteroatoms. The van der Waals surface area contributed by atoms with Crippen LogP contribution in [0.3, 0.4) is 0 Å². The van der Waals surface area contributed by atoms with E-state index in [-0.39, 0.29) is 18.5 Å². The van der Waals surface area contributed by atoms with Crippen molar-refractivity contribution in [3.8, 4) is 0 Å². The van der Waals surface area contributed by atoms with Crippen LogP contribution in [0.25, 0.3) is 0 Å². The Morgan fingerprint density at radius 1 is 0.861 bits per heavy atom. The number of carbonyl (C=O) groups is 1. The second-order valence-electron chi connectivity index (χ2n) is 10.6. The van der Waals surface area contributed by atoms with Gasteiger partial charge in [-0.2, -0.15) is 0 Å². The fourth-order valence-electron chi connectivity index (χ4n) is 4.72. The molecule has 1 heterocycles. The second kappa shape index (κ2) is 10.6. The van der Waals surface area contributed by atoms with Gasteiger partial charge in [-0.25, -0.2) is 0 Å². The molecule has 1 fully saturated rings. The number of carboxylic acid groups (broad SMARTS) is 1. The van der Waals surface area contributed by atoms with Gasteiger partial charge in [0.15, 0.2) is 0 Å². The van der Waals surface area contributed by atoms with Crippen LogP contribution >= 0.6 is 0 Å². The van der Waals surface area contributed by atoms with E-state index < -0.39 is 24.3 Å². The van der Waals surface area contributed by atoms with Crippen LogP contribution in [0.4, 0.5) is 0 Å². The van der Waals surface area contributed by atoms with Gasteiger partial charge in [0.1, 0.15) is 0 Å². The Hall–Kier alpha value is -2.93. The van der Waals surface area contributed by atoms with Gasteiger partial charge in [-0.3, -0.25) is 9.69 Å². The molecule has 0 radical (unpaired) electrons. The summed E-state index contributed by atoms with van der Waals surface area (Å²) in [6.07, 6.45) is -0.0170. The van der Waals surface area contributed by atoms with E-state index in [4.69, 9.17) is 9.31 Å². The van der Waals surface area contributed by atoms with Crippen LogP contribution in [0.15, 0.2) is 84.9 Å². The smallest absolute Gasteiger partial charge is 0.481 e. The van der Waals surface area contributed by atoms with Crippen LogP contribution in [0.5, 0.6) is 0 Å². The normalized spacial score (nSPS) is 18.2. The van der Waals surface area contributed by atoms with Crippen LogP contribution in [-0.2, 0) is 20.6 Å². The van der Waals surface area contributed by atoms with Gasteiger partial charge in [0.25, 0.3) is 0 Å². The van der Waals surface area contributed by atoms with Crippen molar-refractivity contribution in [1.29, 1.82) is 0 Å². The first-order valence-corrected chi connectivity index (χ1v) is 12.6. The highest BCUT2D eigenvalue weighted by atomic mass is 16.7. The van der Waals surface area contributed by atoms with Crippen molar-refractivity contribution < 1.29 is 19.2 Å². The molecule has 0 bridgehead atoms. The van der Waals surface area contributed by atoms with Crippen molar-refractivity contribution in [3.63, 3.8) is 0 Å². The van der Waals surface area contributed by atoms with Crippen molar-refractivity contribution in [2.75, 3.05) is 0 Å². The SMILES string of the molecule is C[C@H](c1ccccc1)N(Cc1ccccc1)C(CC(=O)O)c1cccc(B2OC(C)(C)C(C)(C)O2)c1. The molecular formula is C30H36BNO4. The Kier molecular flexibility index (Phi) is 7.69. The number of aliphatic carboxylic acids is 1. The summed E-state index contributed by atoms with van der Waals surface area (Å²) >= 11 is 0. The molecule has 0 spiro atoms. The molecule has 3 aromatic carbocycles. The summed E-state index contributed by atoms with van der Waals surface area (Å²) in [6.45, 7) is 10.9. The van der Waals surface area contributed by atoms with Crippen LogP contribution in [0.1, 0.15) is 69.8 Å². The fraction of sp³-hybridized carbons (Fsp3) is 0.367. The largest absolute Gasteiger partial charge is 0.494 e. The van der Waals surface area contributed by atoms with Crippen molar-refractivity contribution >= 4 is 18.6 Å². The Labute approximate surface area is 215 Å². The Balaban J connectivity index is 1.73. The molecule has 1 unspecified atom stereocenters. The number of hydrogen-bond donors (Lipinski definition) is 1. The molecule has 0 aliphatic carbocycles. The summed E-state index contributed by atoms with van der Waals surface area (Å²) < 4.78 is 12.6. The van der Waals surface area contributed by atoms with E-state index in [1.165, 1.54) is 0 Å². The number of nitrogens with zero attached hydrogens (tertiary/aromatic N) is 1. The summed E-state index contributed by atoms with van der Waals surface area (Å²) in [5.74, 6) is -0.834. The molecule has 36 heavy (non-hydrogen) atoms. The summed E-state index contributed by atoms with van der Waals surface area (Å²) in [5, 5.41) is 9.95. The van der Waals surface area contributed by atoms with Crippen molar-refractivity contribution in [2.24, 2.45) is 0 Å². The highest BCUT2D eigenvalue weighted by Gasteiger charge is 2.51. The lowest BCUT2D eigenvalue weighted by Crippen LogP contribution is -2.41. The van der Waals surface area contributed by atoms with Gasteiger partial charge in [-0.05, 0) is 56.8 Å². The van der Waals surface area contributed by atoms with E-state index in [1.54, 1.807) is 0 Å². The van der Waals surface area contributed by atoms with Gasteiger partial charge in [0.05, 0.1) is 17.6 Å². The van der Waals surface area contributed by atoms with Gasteiger partial charge < -0.3 is 14.4 Å². The molecule has 0 saturated carbocycles. The Morgan fingerprint density at radius 2 is 1.42 bits per heavy atom. The summed E-state index contributed by atoms with van der Waals surface area (Å²) in [5.41, 5.74) is 3.21. The molecule has 0 amide bonds. The highest BCUT2D eigenvalue weighted by molar-refractivity contribution is 6.62. The summed E-state index contributed by atoms with van der Waals surface area (Å²) in [7, 11) is -0.505. The van der Waals surface area contributed by atoms with Crippen LogP contribution in [0, 0.1) is 0 Å². The van der Waals surface area contributed by atoms with E-state index >= 15 is 0 Å². The van der Waals surface area contributed by atoms with Gasteiger partial charge in [0, 0.05) is 18.6 Å². The zero-order chi connectivity index (χ0) is 25.9. The molecule has 2 atom stereocenters. The minimum atomic E-state index is -0.834. The highest BCUT2D eigenvalue weighted by Crippen LogP contribution is 2.38. The predicted molar refractivity (Wildman–Crippen MR) is 144 cm³/mol. The average molecular weight is 485 g/mol. The Bertz CT molecular complexity index is 1150. The first kappa shape index (κ1) is 26.1. The average Bonchev–Trinajstić information content (AvgIpc) is 3.08. The molecule has 0 aromatic heterocycles. The second-order valence-corrected chi connectivity index (χ2v) is 10.6. The van der Waals surface area contributed by atoms with E-state index in [0.29, 0.717) is 6.54 Å². The maximum Gasteiger partial charge on any atom is 0.494 e. The third-order valence-electron chi connectivity index (χ3n) is 7.58. The van der Waals surface area contributed by atoms with E-state index in [1.807, 2.05) is 88.4 Å². The maximum atomic E-state index is 12.1. The molecule has 1 saturated heterocycles. The van der Waals surface area contributed by atoms with Crippen molar-refractivity contribution in [2.45, 2.75) is 70.9 Å². The number of hydrogen-bond acceptors (Lipinski definition) is 4. The van der Waals surface area contributed by atoms with Crippen LogP contribution < -0.4 is 5.46 Å². The van der Waals surface area contributed by atoms with E-state index in [0.717, 1.165) is 22.2 Å². The van der Waals surface area contributed by atoms with Gasteiger partial charge >= 0.3 is 13.1 Å². The van der Waals surface area contributed by atoms with E-state index in [2.05, 4.69) is 36.1 Å². The third-order valence-corrected chi connectivity index (χ3v) is 7.58. The molecule has 1 aliphatic heterocycles. The number of rotatable bonds is 9. The minimum absolute atomic E-state index is 0.00346. The third kappa shape index (κ3) is 5.72. The quantitative estimate of drug-likeness (QED) is 0.391. The Morgan fingerprint density at radius 3 is 2.00 bits per heavy atom. The monoisotopic (exact) mass is 485 g/mol. The number of benzene rings is 3. The molecule has 1 aliphatic rings.